The zero-order valence-electron chi connectivity index (χ0n) is 20.0. The molecule has 0 saturated carbocycles. The minimum Gasteiger partial charge on any atom is -0.497 e. The maximum absolute atomic E-state index is 14.6. The molecular formula is C28H33FN2O4. The molecule has 2 heterocycles. The normalized spacial score (nSPS) is 20.4. The summed E-state index contributed by atoms with van der Waals surface area (Å²) >= 11 is 0. The van der Waals surface area contributed by atoms with E-state index < -0.39 is 24.2 Å². The fourth-order valence-corrected chi connectivity index (χ4v) is 5.11. The van der Waals surface area contributed by atoms with Crippen molar-refractivity contribution in [3.8, 4) is 5.75 Å². The lowest BCUT2D eigenvalue weighted by molar-refractivity contribution is -0.146. The molecule has 0 unspecified atom stereocenters. The number of likely N-dealkylation sites (tertiary alicyclic amines) is 1. The molecule has 35 heavy (non-hydrogen) atoms. The number of pyridine rings is 1. The molecule has 0 aliphatic carbocycles. The van der Waals surface area contributed by atoms with Crippen molar-refractivity contribution in [2.24, 2.45) is 11.8 Å². The Balaban J connectivity index is 1.35. The number of halogens is 1. The fourth-order valence-electron chi connectivity index (χ4n) is 5.11. The van der Waals surface area contributed by atoms with Gasteiger partial charge >= 0.3 is 5.97 Å². The van der Waals surface area contributed by atoms with Crippen LogP contribution in [0.3, 0.4) is 0 Å². The number of benzene rings is 2. The molecule has 0 spiro atoms. The molecule has 1 saturated heterocycles. The van der Waals surface area contributed by atoms with E-state index in [1.807, 2.05) is 42.5 Å². The quantitative estimate of drug-likeness (QED) is 0.416. The second-order valence-electron chi connectivity index (χ2n) is 9.34. The zero-order valence-corrected chi connectivity index (χ0v) is 20.0. The van der Waals surface area contributed by atoms with Gasteiger partial charge in [-0.05, 0) is 73.5 Å². The van der Waals surface area contributed by atoms with Gasteiger partial charge in [0, 0.05) is 24.7 Å². The van der Waals surface area contributed by atoms with Crippen LogP contribution in [0.4, 0.5) is 4.39 Å². The number of hydrogen-bond donors (Lipinski definition) is 2. The lowest BCUT2D eigenvalue weighted by Gasteiger charge is -2.37. The number of alkyl halides is 1. The molecule has 186 valence electrons. The number of aliphatic carboxylic acids is 1. The number of fused-ring (bicyclic) bond motifs is 1. The van der Waals surface area contributed by atoms with E-state index in [0.717, 1.165) is 29.4 Å². The first-order valence-corrected chi connectivity index (χ1v) is 12.2. The number of aliphatic hydroxyl groups is 1. The highest BCUT2D eigenvalue weighted by molar-refractivity contribution is 5.83. The Bertz CT molecular complexity index is 1130. The van der Waals surface area contributed by atoms with Crippen LogP contribution in [0.2, 0.25) is 0 Å². The van der Waals surface area contributed by atoms with E-state index in [1.54, 1.807) is 25.4 Å². The highest BCUT2D eigenvalue weighted by atomic mass is 19.1. The minimum absolute atomic E-state index is 0.0312. The molecule has 7 heteroatoms. The maximum atomic E-state index is 14.6. The monoisotopic (exact) mass is 480 g/mol. The summed E-state index contributed by atoms with van der Waals surface area (Å²) in [6, 6.07) is 16.5. The van der Waals surface area contributed by atoms with E-state index in [0.29, 0.717) is 43.7 Å². The first-order chi connectivity index (χ1) is 17.0. The molecule has 1 fully saturated rings. The number of carboxylic acid groups (broad SMARTS) is 1. The van der Waals surface area contributed by atoms with Crippen molar-refractivity contribution >= 4 is 16.9 Å². The second-order valence-corrected chi connectivity index (χ2v) is 9.34. The molecule has 0 amide bonds. The molecule has 4 atom stereocenters. The van der Waals surface area contributed by atoms with E-state index in [9.17, 15) is 19.4 Å². The van der Waals surface area contributed by atoms with E-state index >= 15 is 0 Å². The lowest BCUT2D eigenvalue weighted by Crippen LogP contribution is -2.44. The Morgan fingerprint density at radius 3 is 2.74 bits per heavy atom. The molecule has 4 rings (SSSR count). The molecule has 1 aliphatic heterocycles. The highest BCUT2D eigenvalue weighted by Gasteiger charge is 2.34. The number of methoxy groups -OCH3 is 1. The Kier molecular flexibility index (Phi) is 8.31. The summed E-state index contributed by atoms with van der Waals surface area (Å²) < 4.78 is 19.9. The zero-order chi connectivity index (χ0) is 24.8. The first kappa shape index (κ1) is 25.1. The number of carboxylic acids is 1. The van der Waals surface area contributed by atoms with Gasteiger partial charge in [-0.15, -0.1) is 0 Å². The molecular weight excluding hydrogens is 447 g/mol. The van der Waals surface area contributed by atoms with Gasteiger partial charge in [-0.3, -0.25) is 9.78 Å². The number of piperidine rings is 1. The van der Waals surface area contributed by atoms with Crippen LogP contribution in [0.1, 0.15) is 49.1 Å². The molecule has 1 aliphatic rings. The van der Waals surface area contributed by atoms with Gasteiger partial charge < -0.3 is 19.8 Å². The summed E-state index contributed by atoms with van der Waals surface area (Å²) in [6.07, 6.45) is 2.04. The third-order valence-electron chi connectivity index (χ3n) is 7.17. The van der Waals surface area contributed by atoms with Crippen LogP contribution in [-0.4, -0.2) is 52.8 Å². The van der Waals surface area contributed by atoms with Crippen molar-refractivity contribution in [1.29, 1.82) is 0 Å². The molecule has 2 aromatic carbocycles. The number of ether oxygens (including phenoxy) is 1. The van der Waals surface area contributed by atoms with Crippen LogP contribution < -0.4 is 4.74 Å². The van der Waals surface area contributed by atoms with Crippen molar-refractivity contribution in [3.05, 3.63) is 71.9 Å². The molecule has 0 bridgehead atoms. The average Bonchev–Trinajstić information content (AvgIpc) is 2.90. The number of rotatable bonds is 10. The van der Waals surface area contributed by atoms with Crippen molar-refractivity contribution < 1.29 is 24.1 Å². The third-order valence-corrected chi connectivity index (χ3v) is 7.17. The largest absolute Gasteiger partial charge is 0.497 e. The summed E-state index contributed by atoms with van der Waals surface area (Å²) in [5.41, 5.74) is 2.21. The summed E-state index contributed by atoms with van der Waals surface area (Å²) in [5.74, 6) is -0.690. The Hall–Kier alpha value is -3.03. The van der Waals surface area contributed by atoms with Crippen LogP contribution in [0.25, 0.3) is 10.9 Å². The number of aliphatic hydroxyl groups excluding tert-OH is 1. The van der Waals surface area contributed by atoms with Gasteiger partial charge in [0.2, 0.25) is 0 Å². The average molecular weight is 481 g/mol. The molecule has 0 radical (unpaired) electrons. The van der Waals surface area contributed by atoms with Crippen molar-refractivity contribution in [1.82, 2.24) is 9.88 Å². The number of nitrogens with zero attached hydrogens (tertiary/aromatic N) is 2. The summed E-state index contributed by atoms with van der Waals surface area (Å²) in [7, 11) is 1.60. The number of hydrogen-bond acceptors (Lipinski definition) is 5. The van der Waals surface area contributed by atoms with Gasteiger partial charge in [-0.2, -0.15) is 0 Å². The lowest BCUT2D eigenvalue weighted by atomic mass is 9.81. The third kappa shape index (κ3) is 6.16. The molecule has 1 aromatic heterocycles. The minimum atomic E-state index is -1.05. The van der Waals surface area contributed by atoms with Crippen molar-refractivity contribution in [3.63, 3.8) is 0 Å². The SMILES string of the molecule is COc1ccc2nccc([C@H](O)CC[C@@H]3CCN(CC[C@H](F)c4ccccc4)C[C@@H]3C(=O)O)c2c1. The van der Waals surface area contributed by atoms with Gasteiger partial charge in [0.25, 0.3) is 0 Å². The van der Waals surface area contributed by atoms with Crippen molar-refractivity contribution in [2.45, 2.75) is 38.0 Å². The van der Waals surface area contributed by atoms with E-state index in [4.69, 9.17) is 4.74 Å². The van der Waals surface area contributed by atoms with Crippen LogP contribution in [0.5, 0.6) is 5.75 Å². The standard InChI is InChI=1S/C28H33FN2O4/c1-35-21-8-9-26-23(17-21)22(11-14-30-26)27(32)10-7-19-12-15-31(18-24(19)28(33)34)16-13-25(29)20-5-3-2-4-6-20/h2-6,8-9,11,14,17,19,24-25,27,32H,7,10,12-13,15-16,18H2,1H3,(H,33,34)/t19-,24+,25+,27-/m1/s1. The van der Waals surface area contributed by atoms with Crippen LogP contribution in [-0.2, 0) is 4.79 Å². The van der Waals surface area contributed by atoms with Gasteiger partial charge in [0.15, 0.2) is 0 Å². The highest BCUT2D eigenvalue weighted by Crippen LogP contribution is 2.34. The summed E-state index contributed by atoms with van der Waals surface area (Å²) in [5, 5.41) is 21.7. The molecule has 3 aromatic rings. The predicted molar refractivity (Wildman–Crippen MR) is 133 cm³/mol. The van der Waals surface area contributed by atoms with E-state index in [1.165, 1.54) is 0 Å². The predicted octanol–water partition coefficient (Wildman–Crippen LogP) is 5.18. The second kappa shape index (κ2) is 11.6. The first-order valence-electron chi connectivity index (χ1n) is 12.2. The Labute approximate surface area is 205 Å². The Morgan fingerprint density at radius 1 is 1.20 bits per heavy atom. The Morgan fingerprint density at radius 2 is 2.00 bits per heavy atom. The van der Waals surface area contributed by atoms with Crippen LogP contribution in [0, 0.1) is 11.8 Å². The number of carbonyl (C=O) groups is 1. The van der Waals surface area contributed by atoms with Gasteiger partial charge in [-0.25, -0.2) is 4.39 Å². The maximum Gasteiger partial charge on any atom is 0.308 e. The summed E-state index contributed by atoms with van der Waals surface area (Å²) in [6.45, 7) is 1.68. The van der Waals surface area contributed by atoms with Crippen LogP contribution in [0.15, 0.2) is 60.8 Å². The van der Waals surface area contributed by atoms with Gasteiger partial charge in [0.1, 0.15) is 11.9 Å². The van der Waals surface area contributed by atoms with E-state index in [-0.39, 0.29) is 5.92 Å². The number of aromatic nitrogens is 1. The van der Waals surface area contributed by atoms with E-state index in [2.05, 4.69) is 9.88 Å². The summed E-state index contributed by atoms with van der Waals surface area (Å²) in [4.78, 5) is 18.5. The molecule has 6 nitrogen and oxygen atoms in total. The van der Waals surface area contributed by atoms with Gasteiger partial charge in [0.05, 0.1) is 24.6 Å². The van der Waals surface area contributed by atoms with Crippen molar-refractivity contribution in [2.75, 3.05) is 26.7 Å². The van der Waals surface area contributed by atoms with Gasteiger partial charge in [-0.1, -0.05) is 30.3 Å². The molecule has 2 N–H and O–H groups in total. The topological polar surface area (TPSA) is 82.9 Å². The fraction of sp³-hybridized carbons (Fsp3) is 0.429. The smallest absolute Gasteiger partial charge is 0.308 e. The van der Waals surface area contributed by atoms with Crippen LogP contribution >= 0.6 is 0 Å².